The number of hydrogen-bond acceptors (Lipinski definition) is 2. The minimum absolute atomic E-state index is 0.0472. The van der Waals surface area contributed by atoms with E-state index in [-0.39, 0.29) is 5.41 Å². The maximum Gasteiger partial charge on any atom is 0.264 e. The molecule has 4 rings (SSSR count). The van der Waals surface area contributed by atoms with Gasteiger partial charge in [-0.05, 0) is 62.1 Å². The number of rotatable bonds is 2. The minimum atomic E-state index is -3.56. The fourth-order valence-corrected chi connectivity index (χ4v) is 5.98. The Labute approximate surface area is 156 Å². The van der Waals surface area contributed by atoms with Crippen molar-refractivity contribution >= 4 is 21.3 Å². The molecule has 0 spiro atoms. The first kappa shape index (κ1) is 17.3. The third-order valence-electron chi connectivity index (χ3n) is 6.15. The van der Waals surface area contributed by atoms with Crippen molar-refractivity contribution in [2.75, 3.05) is 10.8 Å². The van der Waals surface area contributed by atoms with Gasteiger partial charge in [0, 0.05) is 17.5 Å². The van der Waals surface area contributed by atoms with Crippen molar-refractivity contribution < 1.29 is 8.42 Å². The number of aryl methyl sites for hydroxylation is 2. The van der Waals surface area contributed by atoms with Crippen LogP contribution >= 0.6 is 0 Å². The summed E-state index contributed by atoms with van der Waals surface area (Å²) < 4.78 is 28.3. The quantitative estimate of drug-likeness (QED) is 0.752. The van der Waals surface area contributed by atoms with Crippen LogP contribution in [0, 0.1) is 13.8 Å². The van der Waals surface area contributed by atoms with Gasteiger partial charge in [0.15, 0.2) is 0 Å². The zero-order valence-electron chi connectivity index (χ0n) is 16.1. The Bertz CT molecular complexity index is 1040. The summed E-state index contributed by atoms with van der Waals surface area (Å²) >= 11 is 0. The molecule has 0 amide bonds. The fraction of sp³-hybridized carbons (Fsp3) is 0.364. The zero-order chi connectivity index (χ0) is 18.9. The number of anilines is 1. The lowest BCUT2D eigenvalue weighted by molar-refractivity contribution is 0.590. The molecule has 0 N–H and O–H groups in total. The van der Waals surface area contributed by atoms with Crippen LogP contribution in [-0.4, -0.2) is 15.0 Å². The summed E-state index contributed by atoms with van der Waals surface area (Å²) in [4.78, 5) is 0.360. The highest BCUT2D eigenvalue weighted by atomic mass is 32.2. The van der Waals surface area contributed by atoms with Gasteiger partial charge in [0.05, 0.1) is 10.6 Å². The molecule has 0 unspecified atom stereocenters. The van der Waals surface area contributed by atoms with Crippen molar-refractivity contribution in [3.05, 3.63) is 64.2 Å². The molecule has 0 bridgehead atoms. The summed E-state index contributed by atoms with van der Waals surface area (Å²) in [5.41, 5.74) is 8.21. The summed E-state index contributed by atoms with van der Waals surface area (Å²) in [6.45, 7) is 11.3. The van der Waals surface area contributed by atoms with Gasteiger partial charge >= 0.3 is 0 Å². The Morgan fingerprint density at radius 1 is 0.962 bits per heavy atom. The van der Waals surface area contributed by atoms with Crippen LogP contribution in [0.1, 0.15) is 49.4 Å². The minimum Gasteiger partial charge on any atom is -0.265 e. The topological polar surface area (TPSA) is 37.4 Å². The molecular weight excluding hydrogens is 342 g/mol. The summed E-state index contributed by atoms with van der Waals surface area (Å²) in [6, 6.07) is 11.2. The van der Waals surface area contributed by atoms with E-state index in [1.54, 1.807) is 16.4 Å². The Morgan fingerprint density at radius 2 is 1.62 bits per heavy atom. The molecule has 0 atom stereocenters. The average Bonchev–Trinajstić information content (AvgIpc) is 2.80. The molecule has 2 aromatic carbocycles. The molecule has 0 saturated carbocycles. The van der Waals surface area contributed by atoms with Crippen molar-refractivity contribution in [1.82, 2.24) is 0 Å². The van der Waals surface area contributed by atoms with Crippen LogP contribution in [0.4, 0.5) is 5.69 Å². The van der Waals surface area contributed by atoms with Gasteiger partial charge in [-0.2, -0.15) is 0 Å². The van der Waals surface area contributed by atoms with Gasteiger partial charge in [0.1, 0.15) is 0 Å². The molecule has 1 aliphatic heterocycles. The van der Waals surface area contributed by atoms with E-state index >= 15 is 0 Å². The largest absolute Gasteiger partial charge is 0.265 e. The van der Waals surface area contributed by atoms with Gasteiger partial charge in [-0.3, -0.25) is 4.31 Å². The second-order valence-electron chi connectivity index (χ2n) is 8.02. The van der Waals surface area contributed by atoms with Crippen LogP contribution in [0.25, 0.3) is 5.57 Å². The predicted octanol–water partition coefficient (Wildman–Crippen LogP) is 4.97. The molecule has 0 aromatic heterocycles. The number of benzene rings is 2. The smallest absolute Gasteiger partial charge is 0.264 e. The van der Waals surface area contributed by atoms with Gasteiger partial charge in [0.2, 0.25) is 0 Å². The highest BCUT2D eigenvalue weighted by Gasteiger charge is 2.42. The Balaban J connectivity index is 1.93. The Kier molecular flexibility index (Phi) is 3.65. The van der Waals surface area contributed by atoms with E-state index in [1.165, 1.54) is 22.3 Å². The van der Waals surface area contributed by atoms with Crippen LogP contribution in [0.5, 0.6) is 0 Å². The first-order valence-electron chi connectivity index (χ1n) is 9.10. The zero-order valence-corrected chi connectivity index (χ0v) is 16.9. The maximum atomic E-state index is 13.3. The number of nitrogens with zero attached hydrogens (tertiary/aromatic N) is 1. The fourth-order valence-electron chi connectivity index (χ4n) is 4.50. The second kappa shape index (κ2) is 5.46. The molecule has 136 valence electrons. The van der Waals surface area contributed by atoms with Crippen LogP contribution in [0.3, 0.4) is 0 Å². The van der Waals surface area contributed by atoms with E-state index in [0.29, 0.717) is 11.4 Å². The highest BCUT2D eigenvalue weighted by Crippen LogP contribution is 2.54. The van der Waals surface area contributed by atoms with Crippen molar-refractivity contribution in [2.45, 2.75) is 51.3 Å². The lowest BCUT2D eigenvalue weighted by Crippen LogP contribution is -2.35. The number of hydrogen-bond donors (Lipinski definition) is 0. The van der Waals surface area contributed by atoms with Gasteiger partial charge in [0.25, 0.3) is 10.0 Å². The lowest BCUT2D eigenvalue weighted by atomic mass is 9.80. The van der Waals surface area contributed by atoms with E-state index in [9.17, 15) is 8.42 Å². The van der Waals surface area contributed by atoms with Gasteiger partial charge in [-0.25, -0.2) is 8.42 Å². The van der Waals surface area contributed by atoms with Crippen molar-refractivity contribution in [1.29, 1.82) is 0 Å². The van der Waals surface area contributed by atoms with Crippen LogP contribution in [0.2, 0.25) is 0 Å². The standard InChI is InChI=1S/C22H25NO2S/c1-14-6-9-17(10-7-14)26(24,25)23-13-12-18-16(3)22(4,5)21-15(2)8-11-19(23)20(18)21/h6-11H,12-13H2,1-5H3. The second-order valence-corrected chi connectivity index (χ2v) is 9.88. The third kappa shape index (κ3) is 2.21. The van der Waals surface area contributed by atoms with Crippen LogP contribution < -0.4 is 4.31 Å². The van der Waals surface area contributed by atoms with E-state index in [0.717, 1.165) is 23.2 Å². The first-order valence-corrected chi connectivity index (χ1v) is 10.5. The molecular formula is C22H25NO2S. The van der Waals surface area contributed by atoms with E-state index in [1.807, 2.05) is 25.1 Å². The SMILES string of the molecule is CC1=C2CCN(S(=O)(=O)c3ccc(C)cc3)c3ccc(C)c(c32)C1(C)C. The van der Waals surface area contributed by atoms with E-state index < -0.39 is 10.0 Å². The number of sulfonamides is 1. The van der Waals surface area contributed by atoms with Crippen LogP contribution in [-0.2, 0) is 15.4 Å². The molecule has 3 nitrogen and oxygen atoms in total. The van der Waals surface area contributed by atoms with Gasteiger partial charge in [-0.1, -0.05) is 43.2 Å². The molecule has 0 fully saturated rings. The Morgan fingerprint density at radius 3 is 2.27 bits per heavy atom. The molecule has 2 aliphatic rings. The first-order chi connectivity index (χ1) is 12.2. The maximum absolute atomic E-state index is 13.3. The van der Waals surface area contributed by atoms with Crippen molar-refractivity contribution in [2.24, 2.45) is 0 Å². The molecule has 26 heavy (non-hydrogen) atoms. The molecule has 0 saturated heterocycles. The predicted molar refractivity (Wildman–Crippen MR) is 107 cm³/mol. The normalized spacial score (nSPS) is 18.3. The van der Waals surface area contributed by atoms with E-state index in [2.05, 4.69) is 33.8 Å². The summed E-state index contributed by atoms with van der Waals surface area (Å²) in [5.74, 6) is 0. The van der Waals surface area contributed by atoms with Crippen LogP contribution in [0.15, 0.2) is 46.9 Å². The van der Waals surface area contributed by atoms with Gasteiger partial charge in [-0.15, -0.1) is 0 Å². The van der Waals surface area contributed by atoms with Gasteiger partial charge < -0.3 is 0 Å². The monoisotopic (exact) mass is 367 g/mol. The molecule has 1 aliphatic carbocycles. The highest BCUT2D eigenvalue weighted by molar-refractivity contribution is 7.92. The average molecular weight is 368 g/mol. The molecule has 4 heteroatoms. The summed E-state index contributed by atoms with van der Waals surface area (Å²) in [7, 11) is -3.56. The molecule has 0 radical (unpaired) electrons. The third-order valence-corrected chi connectivity index (χ3v) is 7.98. The Hall–Kier alpha value is -2.07. The van der Waals surface area contributed by atoms with Crippen molar-refractivity contribution in [3.8, 4) is 0 Å². The summed E-state index contributed by atoms with van der Waals surface area (Å²) in [6.07, 6.45) is 0.768. The lowest BCUT2D eigenvalue weighted by Gasteiger charge is -2.32. The van der Waals surface area contributed by atoms with Crippen molar-refractivity contribution in [3.63, 3.8) is 0 Å². The summed E-state index contributed by atoms with van der Waals surface area (Å²) in [5, 5.41) is 0. The molecule has 2 aromatic rings. The number of allylic oxidation sites excluding steroid dienone is 1. The van der Waals surface area contributed by atoms with E-state index in [4.69, 9.17) is 0 Å². The molecule has 1 heterocycles.